The quantitative estimate of drug-likeness (QED) is 0.768. The number of likely N-dealkylation sites (tertiary alicyclic amines) is 1. The fourth-order valence-corrected chi connectivity index (χ4v) is 3.13. The first-order chi connectivity index (χ1) is 9.81. The highest BCUT2D eigenvalue weighted by Crippen LogP contribution is 2.17. The smallest absolute Gasteiger partial charge is 0.117 e. The van der Waals surface area contributed by atoms with Crippen molar-refractivity contribution >= 4 is 11.8 Å². The molecule has 0 spiro atoms. The van der Waals surface area contributed by atoms with Crippen LogP contribution >= 0.6 is 11.8 Å². The molecule has 1 aliphatic heterocycles. The molecule has 0 unspecified atom stereocenters. The van der Waals surface area contributed by atoms with E-state index in [4.69, 9.17) is 9.52 Å². The molecule has 0 amide bonds. The number of β-amino-alcohol motifs (C(OH)–C–C–N with tert-alkyl or cyclic N) is 1. The molecule has 1 fully saturated rings. The summed E-state index contributed by atoms with van der Waals surface area (Å²) in [4.78, 5) is 2.34. The topological polar surface area (TPSA) is 48.6 Å². The largest absolute Gasteiger partial charge is 0.464 e. The molecule has 2 heterocycles. The number of piperidine rings is 1. The predicted molar refractivity (Wildman–Crippen MR) is 83.9 cm³/mol. The molecule has 0 bridgehead atoms. The highest BCUT2D eigenvalue weighted by molar-refractivity contribution is 7.97. The molecule has 1 saturated heterocycles. The molecule has 2 rings (SSSR count). The van der Waals surface area contributed by atoms with E-state index in [1.54, 1.807) is 11.8 Å². The van der Waals surface area contributed by atoms with Crippen LogP contribution in [-0.4, -0.2) is 49.0 Å². The first-order valence-corrected chi connectivity index (χ1v) is 8.81. The average Bonchev–Trinajstić information content (AvgIpc) is 2.89. The summed E-state index contributed by atoms with van der Waals surface area (Å²) in [6, 6.07) is 4.14. The summed E-state index contributed by atoms with van der Waals surface area (Å²) < 4.78 is 5.74. The van der Waals surface area contributed by atoms with E-state index in [1.807, 2.05) is 0 Å². The van der Waals surface area contributed by atoms with Gasteiger partial charge in [0, 0.05) is 6.54 Å². The molecule has 1 aromatic heterocycles. The lowest BCUT2D eigenvalue weighted by molar-refractivity contribution is 0.146. The van der Waals surface area contributed by atoms with Crippen molar-refractivity contribution in [1.29, 1.82) is 0 Å². The van der Waals surface area contributed by atoms with E-state index in [0.717, 1.165) is 55.9 Å². The number of furan rings is 1. The Morgan fingerprint density at radius 2 is 2.10 bits per heavy atom. The molecule has 2 N–H and O–H groups in total. The molecule has 0 aromatic carbocycles. The third-order valence-corrected chi connectivity index (χ3v) is 4.43. The fraction of sp³-hybridized carbons (Fsp3) is 0.733. The Hall–Kier alpha value is -0.490. The van der Waals surface area contributed by atoms with Crippen LogP contribution in [0.4, 0.5) is 0 Å². The van der Waals surface area contributed by atoms with Gasteiger partial charge in [0.15, 0.2) is 0 Å². The maximum Gasteiger partial charge on any atom is 0.117 e. The Morgan fingerprint density at radius 3 is 2.80 bits per heavy atom. The minimum atomic E-state index is 0.278. The first kappa shape index (κ1) is 15.9. The van der Waals surface area contributed by atoms with Gasteiger partial charge in [0.1, 0.15) is 11.5 Å². The lowest BCUT2D eigenvalue weighted by Crippen LogP contribution is -2.38. The van der Waals surface area contributed by atoms with Crippen molar-refractivity contribution in [3.8, 4) is 0 Å². The van der Waals surface area contributed by atoms with Gasteiger partial charge in [-0.25, -0.2) is 0 Å². The standard InChI is InChI=1S/C15H26N2O2S/c1-20-12-15-3-2-14(19-15)11-16-10-13-4-6-17(7-5-13)8-9-18/h2-3,13,16,18H,4-12H2,1H3. The van der Waals surface area contributed by atoms with Crippen molar-refractivity contribution in [1.82, 2.24) is 10.2 Å². The van der Waals surface area contributed by atoms with Gasteiger partial charge < -0.3 is 19.7 Å². The van der Waals surface area contributed by atoms with Gasteiger partial charge in [-0.05, 0) is 56.8 Å². The Morgan fingerprint density at radius 1 is 1.35 bits per heavy atom. The maximum atomic E-state index is 8.93. The lowest BCUT2D eigenvalue weighted by Gasteiger charge is -2.31. The fourth-order valence-electron chi connectivity index (χ4n) is 2.69. The van der Waals surface area contributed by atoms with Crippen molar-refractivity contribution in [3.05, 3.63) is 23.7 Å². The molecule has 4 nitrogen and oxygen atoms in total. The number of thioether (sulfide) groups is 1. The van der Waals surface area contributed by atoms with Crippen molar-refractivity contribution in [2.75, 3.05) is 39.0 Å². The zero-order valence-corrected chi connectivity index (χ0v) is 13.1. The minimum Gasteiger partial charge on any atom is -0.464 e. The number of nitrogens with zero attached hydrogens (tertiary/aromatic N) is 1. The highest BCUT2D eigenvalue weighted by atomic mass is 32.2. The van der Waals surface area contributed by atoms with E-state index in [1.165, 1.54) is 12.8 Å². The van der Waals surface area contributed by atoms with Crippen molar-refractivity contribution in [2.45, 2.75) is 25.1 Å². The number of aliphatic hydroxyl groups excluding tert-OH is 1. The summed E-state index contributed by atoms with van der Waals surface area (Å²) >= 11 is 1.78. The predicted octanol–water partition coefficient (Wildman–Crippen LogP) is 1.94. The summed E-state index contributed by atoms with van der Waals surface area (Å²) in [5.74, 6) is 3.80. The lowest BCUT2D eigenvalue weighted by atomic mass is 9.97. The van der Waals surface area contributed by atoms with E-state index >= 15 is 0 Å². The normalized spacial score (nSPS) is 17.7. The van der Waals surface area contributed by atoms with Crippen LogP contribution in [0.3, 0.4) is 0 Å². The number of aliphatic hydroxyl groups is 1. The van der Waals surface area contributed by atoms with Gasteiger partial charge in [0.05, 0.1) is 18.9 Å². The zero-order valence-electron chi connectivity index (χ0n) is 12.3. The molecule has 0 radical (unpaired) electrons. The van der Waals surface area contributed by atoms with E-state index < -0.39 is 0 Å². The summed E-state index contributed by atoms with van der Waals surface area (Å²) in [7, 11) is 0. The van der Waals surface area contributed by atoms with Crippen LogP contribution in [-0.2, 0) is 12.3 Å². The molecule has 0 aliphatic carbocycles. The third kappa shape index (κ3) is 5.13. The maximum absolute atomic E-state index is 8.93. The molecule has 1 aromatic rings. The summed E-state index contributed by atoms with van der Waals surface area (Å²) in [6.07, 6.45) is 4.54. The molecule has 1 aliphatic rings. The minimum absolute atomic E-state index is 0.278. The molecule has 114 valence electrons. The van der Waals surface area contributed by atoms with Crippen LogP contribution in [0.5, 0.6) is 0 Å². The van der Waals surface area contributed by atoms with E-state index in [2.05, 4.69) is 28.6 Å². The van der Waals surface area contributed by atoms with Crippen LogP contribution in [0.2, 0.25) is 0 Å². The van der Waals surface area contributed by atoms with Gasteiger partial charge in [-0.1, -0.05) is 0 Å². The number of hydrogen-bond donors (Lipinski definition) is 2. The van der Waals surface area contributed by atoms with Gasteiger partial charge in [-0.2, -0.15) is 11.8 Å². The number of hydrogen-bond acceptors (Lipinski definition) is 5. The SMILES string of the molecule is CSCc1ccc(CNCC2CCN(CCO)CC2)o1. The first-order valence-electron chi connectivity index (χ1n) is 7.42. The van der Waals surface area contributed by atoms with Crippen molar-refractivity contribution in [3.63, 3.8) is 0 Å². The van der Waals surface area contributed by atoms with Gasteiger partial charge >= 0.3 is 0 Å². The Bertz CT molecular complexity index is 376. The van der Waals surface area contributed by atoms with Crippen LogP contribution in [0.15, 0.2) is 16.5 Å². The van der Waals surface area contributed by atoms with Crippen LogP contribution in [0, 0.1) is 5.92 Å². The number of rotatable bonds is 8. The molecule has 20 heavy (non-hydrogen) atoms. The highest BCUT2D eigenvalue weighted by Gasteiger charge is 2.18. The second-order valence-electron chi connectivity index (χ2n) is 5.44. The van der Waals surface area contributed by atoms with Crippen molar-refractivity contribution < 1.29 is 9.52 Å². The number of nitrogens with one attached hydrogen (secondary N) is 1. The van der Waals surface area contributed by atoms with Crippen LogP contribution in [0.1, 0.15) is 24.4 Å². The van der Waals surface area contributed by atoms with E-state index in [0.29, 0.717) is 0 Å². The van der Waals surface area contributed by atoms with Gasteiger partial charge in [0.25, 0.3) is 0 Å². The van der Waals surface area contributed by atoms with E-state index in [-0.39, 0.29) is 6.61 Å². The molecular formula is C15H26N2O2S. The molecule has 0 atom stereocenters. The van der Waals surface area contributed by atoms with Gasteiger partial charge in [0.2, 0.25) is 0 Å². The Labute approximate surface area is 125 Å². The Balaban J connectivity index is 1.61. The van der Waals surface area contributed by atoms with E-state index in [9.17, 15) is 0 Å². The summed E-state index contributed by atoms with van der Waals surface area (Å²) in [5, 5.41) is 12.4. The second kappa shape index (κ2) is 8.72. The van der Waals surface area contributed by atoms with Crippen LogP contribution < -0.4 is 5.32 Å². The second-order valence-corrected chi connectivity index (χ2v) is 6.31. The molecule has 5 heteroatoms. The Kier molecular flexibility index (Phi) is 6.93. The molecule has 0 saturated carbocycles. The summed E-state index contributed by atoms with van der Waals surface area (Å²) in [6.45, 7) is 5.22. The third-order valence-electron chi connectivity index (χ3n) is 3.86. The van der Waals surface area contributed by atoms with Gasteiger partial charge in [-0.3, -0.25) is 0 Å². The molecular weight excluding hydrogens is 272 g/mol. The van der Waals surface area contributed by atoms with Gasteiger partial charge in [-0.15, -0.1) is 0 Å². The monoisotopic (exact) mass is 298 g/mol. The summed E-state index contributed by atoms with van der Waals surface area (Å²) in [5.41, 5.74) is 0. The van der Waals surface area contributed by atoms with Crippen LogP contribution in [0.25, 0.3) is 0 Å². The average molecular weight is 298 g/mol. The van der Waals surface area contributed by atoms with Crippen molar-refractivity contribution in [2.24, 2.45) is 5.92 Å². The zero-order chi connectivity index (χ0) is 14.2.